The van der Waals surface area contributed by atoms with E-state index in [9.17, 15) is 46.8 Å². The van der Waals surface area contributed by atoms with Crippen molar-refractivity contribution in [2.24, 2.45) is 11.8 Å². The van der Waals surface area contributed by atoms with Gasteiger partial charge in [0, 0.05) is 23.4 Å². The molecule has 0 aliphatic heterocycles. The molecule has 0 saturated heterocycles. The Labute approximate surface area is 235 Å². The van der Waals surface area contributed by atoms with Gasteiger partial charge in [0.05, 0.1) is 26.4 Å². The Kier molecular flexibility index (Phi) is 9.35. The molecule has 2 aromatic carbocycles. The summed E-state index contributed by atoms with van der Waals surface area (Å²) in [6.45, 7) is 5.79. The van der Waals surface area contributed by atoms with Crippen LogP contribution in [0.2, 0.25) is 5.02 Å². The summed E-state index contributed by atoms with van der Waals surface area (Å²) in [6.07, 6.45) is -3.49. The molecule has 40 heavy (non-hydrogen) atoms. The third-order valence-corrected chi connectivity index (χ3v) is 10.4. The van der Waals surface area contributed by atoms with Crippen LogP contribution in [0, 0.1) is 29.3 Å². The highest BCUT2D eigenvalue weighted by atomic mass is 35.5. The molecule has 3 unspecified atom stereocenters. The van der Waals surface area contributed by atoms with Gasteiger partial charge in [0.1, 0.15) is 12.2 Å². The van der Waals surface area contributed by atoms with Gasteiger partial charge in [-0.3, -0.25) is 4.79 Å². The van der Waals surface area contributed by atoms with Gasteiger partial charge in [-0.2, -0.15) is 0 Å². The van der Waals surface area contributed by atoms with Gasteiger partial charge in [-0.05, 0) is 56.7 Å². The molecule has 8 nitrogen and oxygen atoms in total. The van der Waals surface area contributed by atoms with Crippen molar-refractivity contribution in [3.05, 3.63) is 58.4 Å². The second-order valence-electron chi connectivity index (χ2n) is 10.9. The first-order chi connectivity index (χ1) is 18.3. The summed E-state index contributed by atoms with van der Waals surface area (Å²) in [5, 5.41) is 44.0. The lowest BCUT2D eigenvalue weighted by atomic mass is 9.63. The fourth-order valence-electron chi connectivity index (χ4n) is 5.38. The van der Waals surface area contributed by atoms with Crippen LogP contribution in [0.5, 0.6) is 0 Å². The zero-order chi connectivity index (χ0) is 30.4. The molecule has 1 aliphatic carbocycles. The minimum atomic E-state index is -4.23. The van der Waals surface area contributed by atoms with Gasteiger partial charge >= 0.3 is 0 Å². The molecule has 0 spiro atoms. The molecule has 2 aromatic rings. The van der Waals surface area contributed by atoms with Crippen molar-refractivity contribution in [2.45, 2.75) is 80.5 Å². The summed E-state index contributed by atoms with van der Waals surface area (Å²) in [5.74, 6) is -7.32. The van der Waals surface area contributed by atoms with Crippen molar-refractivity contribution in [3.8, 4) is 0 Å². The summed E-state index contributed by atoms with van der Waals surface area (Å²) >= 11 is 6.23. The number of amides is 1. The van der Waals surface area contributed by atoms with Crippen molar-refractivity contribution in [1.82, 2.24) is 0 Å². The van der Waals surface area contributed by atoms with Crippen molar-refractivity contribution in [2.75, 3.05) is 5.32 Å². The SMILES string of the molecule is CCC1C[C@@H](S(=O)(=O)c2cc(C(=O)Nc3cc(F)c(F)c(F)c3)ccc2Cl)C[C@H](C)[C@@]1(O)C(O)C(O)C(C)(C)O. The fraction of sp³-hybridized carbons (Fsp3) is 0.519. The number of rotatable bonds is 8. The Morgan fingerprint density at radius 1 is 1.15 bits per heavy atom. The number of carbonyl (C=O) groups excluding carboxylic acids is 1. The molecule has 0 radical (unpaired) electrons. The van der Waals surface area contributed by atoms with E-state index in [2.05, 4.69) is 5.32 Å². The van der Waals surface area contributed by atoms with Crippen LogP contribution < -0.4 is 5.32 Å². The van der Waals surface area contributed by atoms with E-state index in [0.717, 1.165) is 6.07 Å². The fourth-order valence-corrected chi connectivity index (χ4v) is 7.84. The summed E-state index contributed by atoms with van der Waals surface area (Å²) < 4.78 is 67.9. The summed E-state index contributed by atoms with van der Waals surface area (Å²) in [7, 11) is -4.23. The van der Waals surface area contributed by atoms with Crippen LogP contribution in [0.1, 0.15) is 57.3 Å². The molecule has 0 heterocycles. The first-order valence-electron chi connectivity index (χ1n) is 12.7. The molecule has 1 amide bonds. The quantitative estimate of drug-likeness (QED) is 0.287. The molecule has 222 valence electrons. The van der Waals surface area contributed by atoms with Crippen LogP contribution in [0.4, 0.5) is 18.9 Å². The van der Waals surface area contributed by atoms with Gasteiger partial charge in [-0.1, -0.05) is 31.9 Å². The molecule has 0 aromatic heterocycles. The predicted octanol–water partition coefficient (Wildman–Crippen LogP) is 3.83. The first-order valence-corrected chi connectivity index (χ1v) is 14.6. The molecule has 1 fully saturated rings. The number of anilines is 1. The average Bonchev–Trinajstić information content (AvgIpc) is 2.87. The van der Waals surface area contributed by atoms with E-state index in [-0.39, 0.29) is 34.7 Å². The smallest absolute Gasteiger partial charge is 0.255 e. The Morgan fingerprint density at radius 2 is 1.73 bits per heavy atom. The summed E-state index contributed by atoms with van der Waals surface area (Å²) in [6, 6.07) is 4.55. The second kappa shape index (κ2) is 11.6. The number of aliphatic hydroxyl groups excluding tert-OH is 2. The highest BCUT2D eigenvalue weighted by Gasteiger charge is 2.56. The Balaban J connectivity index is 1.92. The molecular weight excluding hydrogens is 575 g/mol. The molecule has 3 rings (SSSR count). The average molecular weight is 608 g/mol. The molecule has 6 atom stereocenters. The van der Waals surface area contributed by atoms with E-state index in [1.54, 1.807) is 6.92 Å². The summed E-state index contributed by atoms with van der Waals surface area (Å²) in [4.78, 5) is 12.4. The second-order valence-corrected chi connectivity index (χ2v) is 13.5. The van der Waals surface area contributed by atoms with Gasteiger partial charge < -0.3 is 25.7 Å². The zero-order valence-corrected chi connectivity index (χ0v) is 23.9. The van der Waals surface area contributed by atoms with E-state index in [1.165, 1.54) is 32.9 Å². The predicted molar refractivity (Wildman–Crippen MR) is 142 cm³/mol. The molecule has 0 bridgehead atoms. The Hall–Kier alpha value is -2.22. The highest BCUT2D eigenvalue weighted by Crippen LogP contribution is 2.47. The Bertz CT molecular complexity index is 1360. The lowest BCUT2D eigenvalue weighted by molar-refractivity contribution is -0.220. The number of aliphatic hydroxyl groups is 4. The normalized spacial score (nSPS) is 25.4. The minimum absolute atomic E-state index is 0.115. The van der Waals surface area contributed by atoms with E-state index in [0.29, 0.717) is 12.1 Å². The molecule has 13 heteroatoms. The van der Waals surface area contributed by atoms with Gasteiger partial charge in [0.25, 0.3) is 5.91 Å². The van der Waals surface area contributed by atoms with Crippen LogP contribution in [0.15, 0.2) is 35.2 Å². The van der Waals surface area contributed by atoms with Crippen LogP contribution in [-0.4, -0.2) is 63.4 Å². The van der Waals surface area contributed by atoms with E-state index in [4.69, 9.17) is 11.6 Å². The van der Waals surface area contributed by atoms with Crippen molar-refractivity contribution in [3.63, 3.8) is 0 Å². The maximum absolute atomic E-state index is 13.8. The number of sulfone groups is 1. The first kappa shape index (κ1) is 32.3. The van der Waals surface area contributed by atoms with E-state index >= 15 is 0 Å². The van der Waals surface area contributed by atoms with Crippen molar-refractivity contribution >= 4 is 33.0 Å². The van der Waals surface area contributed by atoms with Crippen molar-refractivity contribution in [1.29, 1.82) is 0 Å². The van der Waals surface area contributed by atoms with Crippen LogP contribution in [-0.2, 0) is 9.84 Å². The third-order valence-electron chi connectivity index (χ3n) is 7.78. The van der Waals surface area contributed by atoms with Gasteiger partial charge in [0.15, 0.2) is 27.3 Å². The standard InChI is InChI=1S/C27H33ClF3NO7S/c1-5-15-10-17(8-13(2)27(15,37)24(34)23(33)26(3,4)36)40(38,39)21-9-14(6-7-18(21)28)25(35)32-16-11-19(29)22(31)20(30)12-16/h6-7,9,11-13,15,17,23-24,33-34,36-37H,5,8,10H2,1-4H3,(H,32,35)/t13-,15?,17-,23?,24?,27-/m0/s1. The number of benzene rings is 2. The maximum Gasteiger partial charge on any atom is 0.255 e. The lowest BCUT2D eigenvalue weighted by Crippen LogP contribution is -2.64. The van der Waals surface area contributed by atoms with Crippen LogP contribution in [0.25, 0.3) is 0 Å². The number of hydrogen-bond donors (Lipinski definition) is 5. The monoisotopic (exact) mass is 607 g/mol. The molecule has 5 N–H and O–H groups in total. The minimum Gasteiger partial charge on any atom is -0.388 e. The van der Waals surface area contributed by atoms with Gasteiger partial charge in [0.2, 0.25) is 0 Å². The van der Waals surface area contributed by atoms with Crippen LogP contribution >= 0.6 is 11.6 Å². The zero-order valence-electron chi connectivity index (χ0n) is 22.3. The van der Waals surface area contributed by atoms with Gasteiger partial charge in [-0.25, -0.2) is 21.6 Å². The van der Waals surface area contributed by atoms with E-state index in [1.807, 2.05) is 0 Å². The number of halogens is 4. The number of carbonyl (C=O) groups is 1. The maximum atomic E-state index is 13.8. The van der Waals surface area contributed by atoms with Gasteiger partial charge in [-0.15, -0.1) is 0 Å². The largest absolute Gasteiger partial charge is 0.388 e. The highest BCUT2D eigenvalue weighted by molar-refractivity contribution is 7.92. The molecule has 1 saturated carbocycles. The van der Waals surface area contributed by atoms with Crippen LogP contribution in [0.3, 0.4) is 0 Å². The molecule has 1 aliphatic rings. The Morgan fingerprint density at radius 3 is 2.25 bits per heavy atom. The number of nitrogens with one attached hydrogen (secondary N) is 1. The summed E-state index contributed by atoms with van der Waals surface area (Å²) in [5.41, 5.74) is -4.25. The number of hydrogen-bond acceptors (Lipinski definition) is 7. The van der Waals surface area contributed by atoms with Crippen molar-refractivity contribution < 1.29 is 46.8 Å². The lowest BCUT2D eigenvalue weighted by Gasteiger charge is -2.51. The molecular formula is C27H33ClF3NO7S. The third kappa shape index (κ3) is 6.02. The van der Waals surface area contributed by atoms with E-state index < -0.39 is 79.4 Å². The topological polar surface area (TPSA) is 144 Å².